The minimum atomic E-state index is -3.71. The number of anilines is 1. The SMILES string of the molecule is Nc1ncc(S(=O)(=O)NCc2ccncn2)cc1Cl. The number of nitrogens with two attached hydrogens (primary N) is 1. The average Bonchev–Trinajstić information content (AvgIpc) is 2.41. The maximum absolute atomic E-state index is 12.0. The maximum atomic E-state index is 12.0. The molecule has 0 radical (unpaired) electrons. The summed E-state index contributed by atoms with van der Waals surface area (Å²) in [4.78, 5) is 11.3. The van der Waals surface area contributed by atoms with Gasteiger partial charge in [0.25, 0.3) is 0 Å². The van der Waals surface area contributed by atoms with Crippen LogP contribution in [-0.4, -0.2) is 23.4 Å². The van der Waals surface area contributed by atoms with Crippen LogP contribution in [-0.2, 0) is 16.6 Å². The zero-order valence-corrected chi connectivity index (χ0v) is 11.2. The zero-order valence-electron chi connectivity index (χ0n) is 9.62. The summed E-state index contributed by atoms with van der Waals surface area (Å²) in [5, 5.41) is 0.0879. The van der Waals surface area contributed by atoms with Crippen LogP contribution in [0.2, 0.25) is 5.02 Å². The molecule has 7 nitrogen and oxygen atoms in total. The predicted molar refractivity (Wildman–Crippen MR) is 69.7 cm³/mol. The van der Waals surface area contributed by atoms with E-state index >= 15 is 0 Å². The van der Waals surface area contributed by atoms with E-state index < -0.39 is 10.0 Å². The Morgan fingerprint density at radius 1 is 1.37 bits per heavy atom. The molecule has 0 atom stereocenters. The lowest BCUT2D eigenvalue weighted by atomic mass is 10.4. The number of nitrogens with one attached hydrogen (secondary N) is 1. The Bertz CT molecular complexity index is 678. The summed E-state index contributed by atoms with van der Waals surface area (Å²) in [5.74, 6) is 0.0800. The van der Waals surface area contributed by atoms with E-state index in [2.05, 4.69) is 19.7 Å². The van der Waals surface area contributed by atoms with E-state index in [9.17, 15) is 8.42 Å². The average molecular weight is 300 g/mol. The Hall–Kier alpha value is -1.77. The van der Waals surface area contributed by atoms with E-state index in [1.54, 1.807) is 6.07 Å². The molecule has 0 aliphatic rings. The lowest BCUT2D eigenvalue weighted by Gasteiger charge is -2.06. The molecule has 0 aromatic carbocycles. The molecule has 0 aliphatic carbocycles. The third kappa shape index (κ3) is 3.37. The minimum absolute atomic E-state index is 0.0485. The number of pyridine rings is 1. The smallest absolute Gasteiger partial charge is 0.242 e. The Morgan fingerprint density at radius 3 is 2.79 bits per heavy atom. The number of aromatic nitrogens is 3. The highest BCUT2D eigenvalue weighted by Gasteiger charge is 2.16. The fraction of sp³-hybridized carbons (Fsp3) is 0.100. The highest BCUT2D eigenvalue weighted by Crippen LogP contribution is 2.19. The molecule has 9 heteroatoms. The molecule has 2 aromatic heterocycles. The van der Waals surface area contributed by atoms with Gasteiger partial charge in [-0.1, -0.05) is 11.6 Å². The normalized spacial score (nSPS) is 11.4. The number of rotatable bonds is 4. The second kappa shape index (κ2) is 5.47. The summed E-state index contributed by atoms with van der Waals surface area (Å²) in [6.07, 6.45) is 4.01. The molecule has 0 aliphatic heterocycles. The summed E-state index contributed by atoms with van der Waals surface area (Å²) >= 11 is 5.74. The lowest BCUT2D eigenvalue weighted by molar-refractivity contribution is 0.580. The van der Waals surface area contributed by atoms with E-state index in [1.165, 1.54) is 18.6 Å². The summed E-state index contributed by atoms with van der Waals surface area (Å²) in [6.45, 7) is 0.0485. The molecular weight excluding hydrogens is 290 g/mol. The fourth-order valence-electron chi connectivity index (χ4n) is 1.25. The van der Waals surface area contributed by atoms with Gasteiger partial charge in [0.1, 0.15) is 17.0 Å². The van der Waals surface area contributed by atoms with Gasteiger partial charge in [0.15, 0.2) is 0 Å². The predicted octanol–water partition coefficient (Wildman–Crippen LogP) is 0.586. The summed E-state index contributed by atoms with van der Waals surface area (Å²) in [5.41, 5.74) is 5.97. The van der Waals surface area contributed by atoms with Crippen molar-refractivity contribution in [2.45, 2.75) is 11.4 Å². The van der Waals surface area contributed by atoms with Crippen LogP contribution in [0, 0.1) is 0 Å². The molecule has 0 bridgehead atoms. The van der Waals surface area contributed by atoms with Gasteiger partial charge in [-0.15, -0.1) is 0 Å². The molecule has 0 unspecified atom stereocenters. The van der Waals surface area contributed by atoms with Crippen molar-refractivity contribution in [1.82, 2.24) is 19.7 Å². The Labute approximate surface area is 114 Å². The molecular formula is C10H10ClN5O2S. The van der Waals surface area contributed by atoms with Gasteiger partial charge in [0.2, 0.25) is 10.0 Å². The summed E-state index contributed by atoms with van der Waals surface area (Å²) in [6, 6.07) is 2.85. The van der Waals surface area contributed by atoms with Crippen molar-refractivity contribution in [2.24, 2.45) is 0 Å². The van der Waals surface area contributed by atoms with Crippen molar-refractivity contribution >= 4 is 27.4 Å². The van der Waals surface area contributed by atoms with Gasteiger partial charge >= 0.3 is 0 Å². The van der Waals surface area contributed by atoms with E-state index in [1.807, 2.05) is 0 Å². The highest BCUT2D eigenvalue weighted by molar-refractivity contribution is 7.89. The van der Waals surface area contributed by atoms with Gasteiger partial charge in [-0.2, -0.15) is 0 Å². The van der Waals surface area contributed by atoms with Crippen molar-refractivity contribution in [3.05, 3.63) is 41.6 Å². The highest BCUT2D eigenvalue weighted by atomic mass is 35.5. The Morgan fingerprint density at radius 2 is 2.16 bits per heavy atom. The molecule has 0 saturated carbocycles. The minimum Gasteiger partial charge on any atom is -0.382 e. The molecule has 19 heavy (non-hydrogen) atoms. The lowest BCUT2D eigenvalue weighted by Crippen LogP contribution is -2.24. The van der Waals surface area contributed by atoms with Crippen LogP contribution in [0.15, 0.2) is 35.7 Å². The Kier molecular flexibility index (Phi) is 3.93. The van der Waals surface area contributed by atoms with Crippen LogP contribution in [0.4, 0.5) is 5.82 Å². The van der Waals surface area contributed by atoms with Crippen LogP contribution in [0.5, 0.6) is 0 Å². The van der Waals surface area contributed by atoms with Crippen molar-refractivity contribution in [3.8, 4) is 0 Å². The molecule has 100 valence electrons. The number of nitrogen functional groups attached to an aromatic ring is 1. The number of nitrogens with zero attached hydrogens (tertiary/aromatic N) is 3. The van der Waals surface area contributed by atoms with Crippen LogP contribution in [0.3, 0.4) is 0 Å². The van der Waals surface area contributed by atoms with E-state index in [-0.39, 0.29) is 22.3 Å². The van der Waals surface area contributed by atoms with Crippen LogP contribution in [0.25, 0.3) is 0 Å². The number of hydrogen-bond donors (Lipinski definition) is 2. The Balaban J connectivity index is 2.16. The molecule has 0 saturated heterocycles. The third-order valence-electron chi connectivity index (χ3n) is 2.24. The van der Waals surface area contributed by atoms with Gasteiger partial charge in [0, 0.05) is 12.4 Å². The molecule has 2 rings (SSSR count). The first kappa shape index (κ1) is 13.7. The standard InChI is InChI=1S/C10H10ClN5O2S/c11-9-3-8(5-14-10(9)12)19(17,18)16-4-7-1-2-13-6-15-7/h1-3,5-6,16H,4H2,(H2,12,14). The van der Waals surface area contributed by atoms with E-state index in [4.69, 9.17) is 17.3 Å². The molecule has 0 fully saturated rings. The molecule has 2 aromatic rings. The van der Waals surface area contributed by atoms with Gasteiger partial charge in [-0.05, 0) is 12.1 Å². The van der Waals surface area contributed by atoms with Crippen LogP contribution >= 0.6 is 11.6 Å². The second-order valence-electron chi connectivity index (χ2n) is 3.56. The number of hydrogen-bond acceptors (Lipinski definition) is 6. The third-order valence-corrected chi connectivity index (χ3v) is 3.91. The van der Waals surface area contributed by atoms with Crippen LogP contribution in [0.1, 0.15) is 5.69 Å². The number of halogens is 1. The monoisotopic (exact) mass is 299 g/mol. The maximum Gasteiger partial charge on any atom is 0.242 e. The largest absolute Gasteiger partial charge is 0.382 e. The molecule has 3 N–H and O–H groups in total. The molecule has 0 amide bonds. The zero-order chi connectivity index (χ0) is 13.9. The van der Waals surface area contributed by atoms with Gasteiger partial charge < -0.3 is 5.73 Å². The van der Waals surface area contributed by atoms with E-state index in [0.29, 0.717) is 5.69 Å². The van der Waals surface area contributed by atoms with Gasteiger partial charge in [-0.25, -0.2) is 28.1 Å². The first-order valence-electron chi connectivity index (χ1n) is 5.14. The summed E-state index contributed by atoms with van der Waals surface area (Å²) < 4.78 is 26.3. The van der Waals surface area contributed by atoms with Crippen molar-refractivity contribution < 1.29 is 8.42 Å². The summed E-state index contributed by atoms with van der Waals surface area (Å²) in [7, 11) is -3.71. The first-order valence-corrected chi connectivity index (χ1v) is 7.01. The van der Waals surface area contributed by atoms with Gasteiger partial charge in [-0.3, -0.25) is 0 Å². The quantitative estimate of drug-likeness (QED) is 0.854. The van der Waals surface area contributed by atoms with E-state index in [0.717, 1.165) is 6.20 Å². The number of sulfonamides is 1. The van der Waals surface area contributed by atoms with Crippen molar-refractivity contribution in [3.63, 3.8) is 0 Å². The van der Waals surface area contributed by atoms with Crippen molar-refractivity contribution in [2.75, 3.05) is 5.73 Å². The van der Waals surface area contributed by atoms with Crippen LogP contribution < -0.4 is 10.5 Å². The second-order valence-corrected chi connectivity index (χ2v) is 5.74. The molecule has 2 heterocycles. The first-order chi connectivity index (χ1) is 8.99. The molecule has 0 spiro atoms. The van der Waals surface area contributed by atoms with Crippen molar-refractivity contribution in [1.29, 1.82) is 0 Å². The topological polar surface area (TPSA) is 111 Å². The van der Waals surface area contributed by atoms with Gasteiger partial charge in [0.05, 0.1) is 17.3 Å². The fourth-order valence-corrected chi connectivity index (χ4v) is 2.45.